The fourth-order valence-electron chi connectivity index (χ4n) is 1.69. The minimum Gasteiger partial charge on any atom is -0.387 e. The van der Waals surface area contributed by atoms with E-state index in [1.165, 1.54) is 11.8 Å². The molecule has 0 amide bonds. The molecule has 4 nitrogen and oxygen atoms in total. The van der Waals surface area contributed by atoms with Crippen LogP contribution >= 0.6 is 11.8 Å². The second kappa shape index (κ2) is 7.89. The molecule has 1 heterocycles. The molecule has 1 aliphatic heterocycles. The van der Waals surface area contributed by atoms with Crippen molar-refractivity contribution in [3.63, 3.8) is 0 Å². The van der Waals surface area contributed by atoms with Gasteiger partial charge in [-0.3, -0.25) is 0 Å². The van der Waals surface area contributed by atoms with Crippen LogP contribution in [0.4, 0.5) is 0 Å². The van der Waals surface area contributed by atoms with E-state index in [-0.39, 0.29) is 16.8 Å². The lowest BCUT2D eigenvalue weighted by atomic mass is 10.1. The Balaban J connectivity index is 2.51. The molecular weight excluding hydrogens is 240 g/mol. The van der Waals surface area contributed by atoms with Crippen molar-refractivity contribution >= 4 is 11.8 Å². The van der Waals surface area contributed by atoms with Gasteiger partial charge in [0.2, 0.25) is 0 Å². The van der Waals surface area contributed by atoms with Crippen LogP contribution in [0.1, 0.15) is 0 Å². The molecular formula is C12H20O4S. The van der Waals surface area contributed by atoms with Crippen LogP contribution in [0.5, 0.6) is 0 Å². The van der Waals surface area contributed by atoms with Crippen LogP contribution in [0.25, 0.3) is 0 Å². The molecule has 1 unspecified atom stereocenters. The summed E-state index contributed by atoms with van der Waals surface area (Å²) in [5, 5.41) is 10.1. The van der Waals surface area contributed by atoms with Crippen LogP contribution in [0, 0.1) is 0 Å². The molecule has 0 aromatic rings. The maximum Gasteiger partial charge on any atom is 0.131 e. The fraction of sp³-hybridized carbons (Fsp3) is 0.667. The Hall–Kier alpha value is -0.330. The van der Waals surface area contributed by atoms with Gasteiger partial charge in [0.25, 0.3) is 0 Å². The van der Waals surface area contributed by atoms with Crippen LogP contribution in [-0.4, -0.2) is 54.9 Å². The van der Waals surface area contributed by atoms with E-state index in [9.17, 15) is 5.11 Å². The van der Waals surface area contributed by atoms with Crippen molar-refractivity contribution in [3.8, 4) is 0 Å². The van der Waals surface area contributed by atoms with Gasteiger partial charge in [-0.05, 0) is 0 Å². The van der Waals surface area contributed by atoms with Crippen LogP contribution in [0.2, 0.25) is 0 Å². The Morgan fingerprint density at radius 3 is 2.59 bits per heavy atom. The molecule has 0 spiro atoms. The molecule has 1 fully saturated rings. The molecule has 0 saturated carbocycles. The topological polar surface area (TPSA) is 47.9 Å². The lowest BCUT2D eigenvalue weighted by molar-refractivity contribution is -0.0619. The molecule has 17 heavy (non-hydrogen) atoms. The summed E-state index contributed by atoms with van der Waals surface area (Å²) in [5.41, 5.74) is -0.262. The smallest absolute Gasteiger partial charge is 0.131 e. The first-order chi connectivity index (χ1) is 8.24. The number of thioether (sulfide) groups is 1. The molecule has 1 aliphatic rings. The summed E-state index contributed by atoms with van der Waals surface area (Å²) in [4.78, 5) is 0. The van der Waals surface area contributed by atoms with Crippen LogP contribution in [0.3, 0.4) is 0 Å². The first-order valence-electron chi connectivity index (χ1n) is 5.52. The van der Waals surface area contributed by atoms with E-state index in [0.29, 0.717) is 19.8 Å². The van der Waals surface area contributed by atoms with Crippen molar-refractivity contribution in [1.82, 2.24) is 0 Å². The van der Waals surface area contributed by atoms with Gasteiger partial charge in [0.05, 0.1) is 25.1 Å². The number of aliphatic hydroxyl groups excluding tert-OH is 1. The molecule has 0 aliphatic carbocycles. The first-order valence-corrected chi connectivity index (χ1v) is 6.46. The number of rotatable bonds is 8. The zero-order chi connectivity index (χ0) is 12.7. The maximum atomic E-state index is 10.0. The molecule has 1 saturated heterocycles. The van der Waals surface area contributed by atoms with Crippen molar-refractivity contribution in [3.05, 3.63) is 25.3 Å². The minimum absolute atomic E-state index is 0.0647. The quantitative estimate of drug-likeness (QED) is 0.525. The van der Waals surface area contributed by atoms with Crippen LogP contribution < -0.4 is 0 Å². The zero-order valence-electron chi connectivity index (χ0n) is 10.1. The van der Waals surface area contributed by atoms with Crippen molar-refractivity contribution in [2.75, 3.05) is 26.9 Å². The summed E-state index contributed by atoms with van der Waals surface area (Å²) in [6.45, 7) is 8.61. The SMILES string of the molecule is C=CCOC[C@H]1SC(OC)[C@@H](O)[C@@H]1OCC=C. The van der Waals surface area contributed by atoms with Gasteiger partial charge in [-0.25, -0.2) is 0 Å². The Bertz CT molecular complexity index is 247. The third-order valence-corrected chi connectivity index (χ3v) is 3.94. The second-order valence-corrected chi connectivity index (χ2v) is 5.02. The van der Waals surface area contributed by atoms with Crippen molar-refractivity contribution in [1.29, 1.82) is 0 Å². The average Bonchev–Trinajstić information content (AvgIpc) is 2.64. The Morgan fingerprint density at radius 1 is 1.29 bits per heavy atom. The van der Waals surface area contributed by atoms with Crippen molar-refractivity contribution in [2.45, 2.75) is 22.9 Å². The molecule has 0 aromatic carbocycles. The monoisotopic (exact) mass is 260 g/mol. The highest BCUT2D eigenvalue weighted by molar-refractivity contribution is 8.00. The van der Waals surface area contributed by atoms with E-state index in [0.717, 1.165) is 0 Å². The normalized spacial score (nSPS) is 32.6. The molecule has 98 valence electrons. The molecule has 0 bridgehead atoms. The molecule has 1 rings (SSSR count). The van der Waals surface area contributed by atoms with Crippen LogP contribution in [0.15, 0.2) is 25.3 Å². The predicted molar refractivity (Wildman–Crippen MR) is 69.1 cm³/mol. The fourth-order valence-corrected chi connectivity index (χ4v) is 3.03. The Labute approximate surface area is 107 Å². The number of hydrogen-bond donors (Lipinski definition) is 1. The molecule has 4 atom stereocenters. The second-order valence-electron chi connectivity index (χ2n) is 3.68. The van der Waals surface area contributed by atoms with Gasteiger partial charge in [0.15, 0.2) is 0 Å². The summed E-state index contributed by atoms with van der Waals surface area (Å²) in [6.07, 6.45) is 2.44. The van der Waals surface area contributed by atoms with Gasteiger partial charge < -0.3 is 19.3 Å². The average molecular weight is 260 g/mol. The van der Waals surface area contributed by atoms with E-state index in [4.69, 9.17) is 14.2 Å². The van der Waals surface area contributed by atoms with Gasteiger partial charge in [0.1, 0.15) is 17.6 Å². The summed E-state index contributed by atoms with van der Waals surface area (Å²) < 4.78 is 16.2. The summed E-state index contributed by atoms with van der Waals surface area (Å²) in [7, 11) is 1.58. The number of ether oxygens (including phenoxy) is 3. The van der Waals surface area contributed by atoms with E-state index >= 15 is 0 Å². The highest BCUT2D eigenvalue weighted by Gasteiger charge is 2.44. The number of hydrogen-bond acceptors (Lipinski definition) is 5. The predicted octanol–water partition coefficient (Wildman–Crippen LogP) is 1.21. The maximum absolute atomic E-state index is 10.0. The summed E-state index contributed by atoms with van der Waals surface area (Å²) >= 11 is 1.54. The zero-order valence-corrected chi connectivity index (χ0v) is 10.9. The molecule has 1 N–H and O–H groups in total. The Morgan fingerprint density at radius 2 is 2.00 bits per heavy atom. The number of methoxy groups -OCH3 is 1. The summed E-state index contributed by atoms with van der Waals surface area (Å²) in [5.74, 6) is 0. The van der Waals surface area contributed by atoms with E-state index in [2.05, 4.69) is 13.2 Å². The summed E-state index contributed by atoms with van der Waals surface area (Å²) in [6, 6.07) is 0. The van der Waals surface area contributed by atoms with E-state index in [1.54, 1.807) is 19.3 Å². The third kappa shape index (κ3) is 4.12. The highest BCUT2D eigenvalue weighted by Crippen LogP contribution is 2.36. The highest BCUT2D eigenvalue weighted by atomic mass is 32.2. The lowest BCUT2D eigenvalue weighted by Crippen LogP contribution is -2.37. The van der Waals surface area contributed by atoms with Crippen molar-refractivity contribution in [2.24, 2.45) is 0 Å². The van der Waals surface area contributed by atoms with E-state index < -0.39 is 6.10 Å². The van der Waals surface area contributed by atoms with E-state index in [1.807, 2.05) is 0 Å². The van der Waals surface area contributed by atoms with Gasteiger partial charge >= 0.3 is 0 Å². The van der Waals surface area contributed by atoms with Gasteiger partial charge in [-0.15, -0.1) is 24.9 Å². The molecule has 5 heteroatoms. The largest absolute Gasteiger partial charge is 0.387 e. The molecule has 0 aromatic heterocycles. The van der Waals surface area contributed by atoms with Crippen molar-refractivity contribution < 1.29 is 19.3 Å². The van der Waals surface area contributed by atoms with Gasteiger partial charge in [0, 0.05) is 7.11 Å². The standard InChI is InChI=1S/C12H20O4S/c1-4-6-15-8-9-11(16-7-5-2)10(13)12(14-3)17-9/h4-5,9-13H,1-2,6-8H2,3H3/t9-,10+,11-,12?/m1/s1. The number of aliphatic hydroxyl groups is 1. The first kappa shape index (κ1) is 14.7. The lowest BCUT2D eigenvalue weighted by Gasteiger charge is -2.20. The third-order valence-electron chi connectivity index (χ3n) is 2.45. The van der Waals surface area contributed by atoms with Gasteiger partial charge in [-0.1, -0.05) is 12.2 Å². The van der Waals surface area contributed by atoms with Crippen LogP contribution in [-0.2, 0) is 14.2 Å². The minimum atomic E-state index is -0.637. The molecule has 0 radical (unpaired) electrons. The Kier molecular flexibility index (Phi) is 6.84. The van der Waals surface area contributed by atoms with Gasteiger partial charge in [-0.2, -0.15) is 0 Å².